The summed E-state index contributed by atoms with van der Waals surface area (Å²) >= 11 is 6.00. The second-order valence-electron chi connectivity index (χ2n) is 3.39. The van der Waals surface area contributed by atoms with E-state index in [9.17, 15) is 0 Å². The Balaban J connectivity index is 2.62. The number of nitrogens with one attached hydrogen (secondary N) is 1. The maximum Gasteiger partial charge on any atom is 0.0820 e. The van der Waals surface area contributed by atoms with E-state index in [0.29, 0.717) is 11.1 Å². The Bertz CT molecular complexity index is 276. The molecule has 1 aromatic rings. The van der Waals surface area contributed by atoms with E-state index in [1.54, 1.807) is 12.4 Å². The first-order valence-corrected chi connectivity index (χ1v) is 5.51. The average molecular weight is 213 g/mol. The Labute approximate surface area is 90.7 Å². The van der Waals surface area contributed by atoms with Gasteiger partial charge in [0, 0.05) is 18.4 Å². The zero-order valence-corrected chi connectivity index (χ0v) is 9.51. The van der Waals surface area contributed by atoms with Crippen molar-refractivity contribution >= 4 is 17.3 Å². The van der Waals surface area contributed by atoms with Crippen LogP contribution in [0.15, 0.2) is 18.5 Å². The van der Waals surface area contributed by atoms with Gasteiger partial charge in [-0.05, 0) is 18.9 Å². The van der Waals surface area contributed by atoms with E-state index in [4.69, 9.17) is 11.6 Å². The van der Waals surface area contributed by atoms with Crippen LogP contribution in [0.4, 0.5) is 5.69 Å². The summed E-state index contributed by atoms with van der Waals surface area (Å²) in [7, 11) is 0. The van der Waals surface area contributed by atoms with Crippen LogP contribution in [0.3, 0.4) is 0 Å². The van der Waals surface area contributed by atoms with E-state index in [1.807, 2.05) is 6.07 Å². The molecule has 0 bridgehead atoms. The Hall–Kier alpha value is -0.760. The first-order valence-electron chi connectivity index (χ1n) is 5.14. The van der Waals surface area contributed by atoms with E-state index in [0.717, 1.165) is 12.1 Å². The molecule has 1 N–H and O–H groups in total. The number of hydrogen-bond donors (Lipinski definition) is 1. The lowest BCUT2D eigenvalue weighted by atomic mass is 10.1. The van der Waals surface area contributed by atoms with Crippen molar-refractivity contribution in [1.29, 1.82) is 0 Å². The molecule has 1 heterocycles. The molecule has 0 saturated carbocycles. The SMILES string of the molecule is CCCC(CC)Nc1ccncc1Cl. The Morgan fingerprint density at radius 2 is 2.29 bits per heavy atom. The second kappa shape index (κ2) is 5.86. The Morgan fingerprint density at radius 1 is 1.50 bits per heavy atom. The largest absolute Gasteiger partial charge is 0.381 e. The van der Waals surface area contributed by atoms with Crippen LogP contribution in [0.1, 0.15) is 33.1 Å². The summed E-state index contributed by atoms with van der Waals surface area (Å²) in [6, 6.07) is 2.43. The van der Waals surface area contributed by atoms with Crippen LogP contribution in [0, 0.1) is 0 Å². The molecule has 0 aromatic carbocycles. The monoisotopic (exact) mass is 212 g/mol. The number of rotatable bonds is 5. The van der Waals surface area contributed by atoms with Crippen LogP contribution in [0.2, 0.25) is 5.02 Å². The highest BCUT2D eigenvalue weighted by Gasteiger charge is 2.06. The first kappa shape index (κ1) is 11.3. The van der Waals surface area contributed by atoms with Gasteiger partial charge in [0.15, 0.2) is 0 Å². The maximum atomic E-state index is 6.00. The zero-order chi connectivity index (χ0) is 10.4. The molecule has 1 unspecified atom stereocenters. The molecule has 2 nitrogen and oxygen atoms in total. The summed E-state index contributed by atoms with van der Waals surface area (Å²) in [5.74, 6) is 0. The fourth-order valence-corrected chi connectivity index (χ4v) is 1.61. The summed E-state index contributed by atoms with van der Waals surface area (Å²) in [4.78, 5) is 3.95. The van der Waals surface area contributed by atoms with Gasteiger partial charge < -0.3 is 5.32 Å². The van der Waals surface area contributed by atoms with Crippen molar-refractivity contribution in [3.8, 4) is 0 Å². The van der Waals surface area contributed by atoms with Crippen LogP contribution >= 0.6 is 11.6 Å². The standard InChI is InChI=1S/C11H17ClN2/c1-3-5-9(4-2)14-11-6-7-13-8-10(11)12/h6-9H,3-5H2,1-2H3,(H,13,14). The summed E-state index contributed by atoms with van der Waals surface area (Å²) in [6.45, 7) is 4.38. The lowest BCUT2D eigenvalue weighted by molar-refractivity contribution is 0.623. The van der Waals surface area contributed by atoms with E-state index >= 15 is 0 Å². The quantitative estimate of drug-likeness (QED) is 0.805. The van der Waals surface area contributed by atoms with Crippen LogP contribution in [0.5, 0.6) is 0 Å². The molecule has 3 heteroatoms. The van der Waals surface area contributed by atoms with Crippen LogP contribution in [0.25, 0.3) is 0 Å². The van der Waals surface area contributed by atoms with Crippen LogP contribution < -0.4 is 5.32 Å². The molecule has 0 aliphatic heterocycles. The van der Waals surface area contributed by atoms with Gasteiger partial charge >= 0.3 is 0 Å². The molecule has 0 aliphatic rings. The second-order valence-corrected chi connectivity index (χ2v) is 3.80. The number of pyridine rings is 1. The van der Waals surface area contributed by atoms with Gasteiger partial charge in [-0.1, -0.05) is 31.9 Å². The minimum absolute atomic E-state index is 0.514. The van der Waals surface area contributed by atoms with Gasteiger partial charge in [-0.25, -0.2) is 0 Å². The van der Waals surface area contributed by atoms with Gasteiger partial charge in [0.2, 0.25) is 0 Å². The minimum atomic E-state index is 0.514. The van der Waals surface area contributed by atoms with Crippen molar-refractivity contribution in [3.05, 3.63) is 23.5 Å². The van der Waals surface area contributed by atoms with Crippen molar-refractivity contribution < 1.29 is 0 Å². The molecule has 0 saturated heterocycles. The van der Waals surface area contributed by atoms with E-state index < -0.39 is 0 Å². The topological polar surface area (TPSA) is 24.9 Å². The van der Waals surface area contributed by atoms with E-state index in [2.05, 4.69) is 24.1 Å². The molecule has 1 aromatic heterocycles. The number of hydrogen-bond acceptors (Lipinski definition) is 2. The highest BCUT2D eigenvalue weighted by atomic mass is 35.5. The third-order valence-electron chi connectivity index (χ3n) is 2.26. The lowest BCUT2D eigenvalue weighted by Gasteiger charge is -2.17. The van der Waals surface area contributed by atoms with Gasteiger partial charge in [-0.3, -0.25) is 4.98 Å². The highest BCUT2D eigenvalue weighted by molar-refractivity contribution is 6.33. The number of nitrogens with zero attached hydrogens (tertiary/aromatic N) is 1. The molecular weight excluding hydrogens is 196 g/mol. The van der Waals surface area contributed by atoms with Gasteiger partial charge in [-0.2, -0.15) is 0 Å². The van der Waals surface area contributed by atoms with Crippen LogP contribution in [-0.4, -0.2) is 11.0 Å². The van der Waals surface area contributed by atoms with Crippen LogP contribution in [-0.2, 0) is 0 Å². The van der Waals surface area contributed by atoms with E-state index in [-0.39, 0.29) is 0 Å². The normalized spacial score (nSPS) is 12.5. The fourth-order valence-electron chi connectivity index (χ4n) is 1.44. The third kappa shape index (κ3) is 3.18. The molecular formula is C11H17ClN2. The van der Waals surface area contributed by atoms with E-state index in [1.165, 1.54) is 12.8 Å². The number of halogens is 1. The average Bonchev–Trinajstić information content (AvgIpc) is 2.20. The van der Waals surface area contributed by atoms with Crippen molar-refractivity contribution in [3.63, 3.8) is 0 Å². The molecule has 0 amide bonds. The smallest absolute Gasteiger partial charge is 0.0820 e. The molecule has 0 radical (unpaired) electrons. The summed E-state index contributed by atoms with van der Waals surface area (Å²) < 4.78 is 0. The molecule has 0 spiro atoms. The minimum Gasteiger partial charge on any atom is -0.381 e. The van der Waals surface area contributed by atoms with Crippen molar-refractivity contribution in [2.75, 3.05) is 5.32 Å². The number of aromatic nitrogens is 1. The Kier molecular flexibility index (Phi) is 4.74. The summed E-state index contributed by atoms with van der Waals surface area (Å²) in [5, 5.41) is 4.12. The maximum absolute atomic E-state index is 6.00. The Morgan fingerprint density at radius 3 is 2.86 bits per heavy atom. The van der Waals surface area contributed by atoms with Crippen molar-refractivity contribution in [2.45, 2.75) is 39.2 Å². The predicted molar refractivity (Wildman–Crippen MR) is 61.9 cm³/mol. The third-order valence-corrected chi connectivity index (χ3v) is 2.56. The fraction of sp³-hybridized carbons (Fsp3) is 0.545. The van der Waals surface area contributed by atoms with Crippen molar-refractivity contribution in [1.82, 2.24) is 4.98 Å². The molecule has 0 fully saturated rings. The molecule has 14 heavy (non-hydrogen) atoms. The van der Waals surface area contributed by atoms with Gasteiger partial charge in [0.05, 0.1) is 10.7 Å². The van der Waals surface area contributed by atoms with Crippen molar-refractivity contribution in [2.24, 2.45) is 0 Å². The first-order chi connectivity index (χ1) is 6.77. The molecule has 0 aliphatic carbocycles. The number of anilines is 1. The predicted octanol–water partition coefficient (Wildman–Crippen LogP) is 3.73. The van der Waals surface area contributed by atoms with Gasteiger partial charge in [0.1, 0.15) is 0 Å². The molecule has 1 atom stereocenters. The molecule has 1 rings (SSSR count). The highest BCUT2D eigenvalue weighted by Crippen LogP contribution is 2.21. The summed E-state index contributed by atoms with van der Waals surface area (Å²) in [6.07, 6.45) is 6.91. The summed E-state index contributed by atoms with van der Waals surface area (Å²) in [5.41, 5.74) is 0.988. The van der Waals surface area contributed by atoms with Gasteiger partial charge in [0.25, 0.3) is 0 Å². The lowest BCUT2D eigenvalue weighted by Crippen LogP contribution is -2.18. The molecule has 78 valence electrons. The zero-order valence-electron chi connectivity index (χ0n) is 8.76. The van der Waals surface area contributed by atoms with Gasteiger partial charge in [-0.15, -0.1) is 0 Å².